The number of fused-ring (bicyclic) bond motifs is 1. The third-order valence-corrected chi connectivity index (χ3v) is 4.80. The van der Waals surface area contributed by atoms with Crippen LogP contribution in [0.3, 0.4) is 0 Å². The van der Waals surface area contributed by atoms with Gasteiger partial charge in [-0.2, -0.15) is 0 Å². The van der Waals surface area contributed by atoms with Gasteiger partial charge >= 0.3 is 0 Å². The van der Waals surface area contributed by atoms with E-state index in [-0.39, 0.29) is 5.91 Å². The number of rotatable bonds is 2. The topological polar surface area (TPSA) is 42.0 Å². The summed E-state index contributed by atoms with van der Waals surface area (Å²) in [6.07, 6.45) is 0. The van der Waals surface area contributed by atoms with E-state index >= 15 is 0 Å². The first kappa shape index (κ1) is 15.2. The Balaban J connectivity index is 2.03. The standard InChI is InChI=1S/C17H15BrN2OS/c1-9-4-10(2)15(11(3)5-9)20-17(21)13-6-12(18)7-14-16(13)19-8-22-14/h4-8H,1-3H3,(H,20,21). The van der Waals surface area contributed by atoms with E-state index in [4.69, 9.17) is 0 Å². The Hall–Kier alpha value is -1.72. The van der Waals surface area contributed by atoms with E-state index in [1.165, 1.54) is 16.9 Å². The summed E-state index contributed by atoms with van der Waals surface area (Å²) < 4.78 is 1.88. The number of hydrogen-bond donors (Lipinski definition) is 1. The highest BCUT2D eigenvalue weighted by Gasteiger charge is 2.15. The Kier molecular flexibility index (Phi) is 4.02. The first-order valence-corrected chi connectivity index (χ1v) is 8.55. The van der Waals surface area contributed by atoms with Gasteiger partial charge < -0.3 is 5.32 Å². The zero-order valence-corrected chi connectivity index (χ0v) is 14.9. The molecule has 1 aromatic heterocycles. The van der Waals surface area contributed by atoms with Gasteiger partial charge in [-0.15, -0.1) is 11.3 Å². The third-order valence-electron chi connectivity index (χ3n) is 3.56. The maximum atomic E-state index is 12.7. The number of aryl methyl sites for hydroxylation is 3. The molecule has 1 amide bonds. The number of thiazole rings is 1. The molecule has 0 aliphatic rings. The van der Waals surface area contributed by atoms with E-state index in [0.717, 1.165) is 31.5 Å². The number of hydrogen-bond acceptors (Lipinski definition) is 3. The molecule has 2 aromatic carbocycles. The van der Waals surface area contributed by atoms with E-state index in [9.17, 15) is 4.79 Å². The van der Waals surface area contributed by atoms with Crippen molar-refractivity contribution in [2.75, 3.05) is 5.32 Å². The first-order valence-electron chi connectivity index (χ1n) is 6.87. The highest BCUT2D eigenvalue weighted by atomic mass is 79.9. The van der Waals surface area contributed by atoms with Crippen LogP contribution in [-0.2, 0) is 0 Å². The summed E-state index contributed by atoms with van der Waals surface area (Å²) >= 11 is 4.99. The number of halogens is 1. The molecular formula is C17H15BrN2OS. The summed E-state index contributed by atoms with van der Waals surface area (Å²) in [4.78, 5) is 17.0. The van der Waals surface area contributed by atoms with Gasteiger partial charge in [0.2, 0.25) is 0 Å². The normalized spacial score (nSPS) is 10.9. The lowest BCUT2D eigenvalue weighted by Gasteiger charge is -2.13. The van der Waals surface area contributed by atoms with Gasteiger partial charge in [-0.05, 0) is 44.0 Å². The van der Waals surface area contributed by atoms with Gasteiger partial charge in [-0.3, -0.25) is 4.79 Å². The van der Waals surface area contributed by atoms with Crippen LogP contribution in [0.4, 0.5) is 5.69 Å². The zero-order valence-electron chi connectivity index (χ0n) is 12.5. The molecule has 22 heavy (non-hydrogen) atoms. The largest absolute Gasteiger partial charge is 0.321 e. The number of aromatic nitrogens is 1. The molecule has 5 heteroatoms. The Labute approximate surface area is 141 Å². The highest BCUT2D eigenvalue weighted by Crippen LogP contribution is 2.28. The molecule has 0 aliphatic carbocycles. The third kappa shape index (κ3) is 2.78. The van der Waals surface area contributed by atoms with E-state index in [0.29, 0.717) is 5.56 Å². The summed E-state index contributed by atoms with van der Waals surface area (Å²) in [5, 5.41) is 3.04. The average molecular weight is 375 g/mol. The summed E-state index contributed by atoms with van der Waals surface area (Å²) in [6, 6.07) is 7.94. The Morgan fingerprint density at radius 3 is 2.50 bits per heavy atom. The van der Waals surface area contributed by atoms with E-state index in [1.54, 1.807) is 5.51 Å². The van der Waals surface area contributed by atoms with E-state index in [1.807, 2.05) is 26.0 Å². The molecule has 3 aromatic rings. The quantitative estimate of drug-likeness (QED) is 0.666. The lowest BCUT2D eigenvalue weighted by molar-refractivity contribution is 0.102. The van der Waals surface area contributed by atoms with Crippen molar-refractivity contribution in [2.24, 2.45) is 0 Å². The minimum atomic E-state index is -0.132. The van der Waals surface area contributed by atoms with Crippen LogP contribution in [0.25, 0.3) is 10.2 Å². The van der Waals surface area contributed by atoms with Crippen molar-refractivity contribution >= 4 is 49.1 Å². The molecular weight excluding hydrogens is 360 g/mol. The molecule has 0 saturated carbocycles. The highest BCUT2D eigenvalue weighted by molar-refractivity contribution is 9.10. The number of nitrogens with zero attached hydrogens (tertiary/aromatic N) is 1. The lowest BCUT2D eigenvalue weighted by atomic mass is 10.0. The van der Waals surface area contributed by atoms with Crippen molar-refractivity contribution in [3.05, 3.63) is 56.5 Å². The van der Waals surface area contributed by atoms with Crippen LogP contribution in [0, 0.1) is 20.8 Å². The molecule has 0 radical (unpaired) electrons. The van der Waals surface area contributed by atoms with Gasteiger partial charge in [0.1, 0.15) is 0 Å². The molecule has 1 heterocycles. The Bertz CT molecular complexity index is 862. The van der Waals surface area contributed by atoms with Crippen molar-refractivity contribution in [1.82, 2.24) is 4.98 Å². The summed E-state index contributed by atoms with van der Waals surface area (Å²) in [5.74, 6) is -0.132. The summed E-state index contributed by atoms with van der Waals surface area (Å²) in [6.45, 7) is 6.07. The van der Waals surface area contributed by atoms with Crippen molar-refractivity contribution in [3.63, 3.8) is 0 Å². The van der Waals surface area contributed by atoms with Gasteiger partial charge in [-0.1, -0.05) is 33.6 Å². The molecule has 0 saturated heterocycles. The van der Waals surface area contributed by atoms with E-state index in [2.05, 4.69) is 45.3 Å². The second-order valence-corrected chi connectivity index (χ2v) is 7.18. The molecule has 0 bridgehead atoms. The monoisotopic (exact) mass is 374 g/mol. The fraction of sp³-hybridized carbons (Fsp3) is 0.176. The van der Waals surface area contributed by atoms with E-state index < -0.39 is 0 Å². The second-order valence-electron chi connectivity index (χ2n) is 5.38. The van der Waals surface area contributed by atoms with Crippen LogP contribution >= 0.6 is 27.3 Å². The molecule has 112 valence electrons. The minimum absolute atomic E-state index is 0.132. The van der Waals surface area contributed by atoms with Crippen molar-refractivity contribution in [2.45, 2.75) is 20.8 Å². The van der Waals surface area contributed by atoms with Gasteiger partial charge in [0.15, 0.2) is 0 Å². The number of nitrogens with one attached hydrogen (secondary N) is 1. The van der Waals surface area contributed by atoms with Gasteiger partial charge in [0.25, 0.3) is 5.91 Å². The number of amides is 1. The maximum absolute atomic E-state index is 12.7. The number of benzene rings is 2. The SMILES string of the molecule is Cc1cc(C)c(NC(=O)c2cc(Br)cc3scnc23)c(C)c1. The number of anilines is 1. The fourth-order valence-electron chi connectivity index (χ4n) is 2.66. The zero-order chi connectivity index (χ0) is 15.9. The van der Waals surface area contributed by atoms with Gasteiger partial charge in [0.05, 0.1) is 21.3 Å². The molecule has 0 spiro atoms. The van der Waals surface area contributed by atoms with Crippen LogP contribution < -0.4 is 5.32 Å². The van der Waals surface area contributed by atoms with Crippen molar-refractivity contribution in [3.8, 4) is 0 Å². The predicted molar refractivity (Wildman–Crippen MR) is 95.9 cm³/mol. The average Bonchev–Trinajstić information content (AvgIpc) is 2.89. The predicted octanol–water partition coefficient (Wildman–Crippen LogP) is 5.24. The van der Waals surface area contributed by atoms with Crippen LogP contribution in [0.15, 0.2) is 34.2 Å². The van der Waals surface area contributed by atoms with Gasteiger partial charge in [-0.25, -0.2) is 4.98 Å². The first-order chi connectivity index (χ1) is 10.5. The number of carbonyl (C=O) groups excluding carboxylic acids is 1. The van der Waals surface area contributed by atoms with Crippen LogP contribution in [0.1, 0.15) is 27.0 Å². The van der Waals surface area contributed by atoms with Crippen molar-refractivity contribution in [1.29, 1.82) is 0 Å². The summed E-state index contributed by atoms with van der Waals surface area (Å²) in [7, 11) is 0. The minimum Gasteiger partial charge on any atom is -0.321 e. The molecule has 3 nitrogen and oxygen atoms in total. The number of carbonyl (C=O) groups is 1. The molecule has 3 rings (SSSR count). The Morgan fingerprint density at radius 1 is 1.14 bits per heavy atom. The Morgan fingerprint density at radius 2 is 1.82 bits per heavy atom. The molecule has 0 unspecified atom stereocenters. The smallest absolute Gasteiger partial charge is 0.257 e. The fourth-order valence-corrected chi connectivity index (χ4v) is 4.01. The van der Waals surface area contributed by atoms with Crippen LogP contribution in [-0.4, -0.2) is 10.9 Å². The second kappa shape index (κ2) is 5.82. The van der Waals surface area contributed by atoms with Crippen LogP contribution in [0.5, 0.6) is 0 Å². The van der Waals surface area contributed by atoms with Crippen molar-refractivity contribution < 1.29 is 4.79 Å². The molecule has 0 aliphatic heterocycles. The molecule has 0 atom stereocenters. The molecule has 1 N–H and O–H groups in total. The van der Waals surface area contributed by atoms with Crippen LogP contribution in [0.2, 0.25) is 0 Å². The molecule has 0 fully saturated rings. The lowest BCUT2D eigenvalue weighted by Crippen LogP contribution is -2.14. The summed E-state index contributed by atoms with van der Waals surface area (Å²) in [5.41, 5.74) is 7.29. The van der Waals surface area contributed by atoms with Gasteiger partial charge in [0, 0.05) is 10.2 Å². The maximum Gasteiger partial charge on any atom is 0.257 e.